The zero-order chi connectivity index (χ0) is 34.5. The molecule has 2 fully saturated rings. The van der Waals surface area contributed by atoms with E-state index in [-0.39, 0.29) is 34.0 Å². The minimum atomic E-state index is -0.542. The van der Waals surface area contributed by atoms with Crippen LogP contribution >= 0.6 is 11.6 Å². The van der Waals surface area contributed by atoms with Gasteiger partial charge in [-0.05, 0) is 110 Å². The quantitative estimate of drug-likeness (QED) is 0.195. The normalized spacial score (nSPS) is 17.0. The molecule has 9 heteroatoms. The molecule has 1 aliphatic heterocycles. The van der Waals surface area contributed by atoms with Crippen molar-refractivity contribution in [2.24, 2.45) is 0 Å². The number of hydrogen-bond donors (Lipinski definition) is 2. The summed E-state index contributed by atoms with van der Waals surface area (Å²) in [6, 6.07) is 21.8. The molecule has 0 spiro atoms. The van der Waals surface area contributed by atoms with E-state index in [1.54, 1.807) is 12.1 Å². The molecule has 1 saturated carbocycles. The number of nitrogens with one attached hydrogen (secondary N) is 2. The topological polar surface area (TPSA) is 109 Å². The lowest BCUT2D eigenvalue weighted by atomic mass is 9.79. The average Bonchev–Trinajstić information content (AvgIpc) is 3.09. The number of fused-ring (bicyclic) bond motifs is 1. The highest BCUT2D eigenvalue weighted by Gasteiger charge is 2.24. The van der Waals surface area contributed by atoms with Crippen LogP contribution < -0.4 is 16.1 Å². The molecule has 0 radical (unpaired) electrons. The van der Waals surface area contributed by atoms with Crippen LogP contribution in [0.2, 0.25) is 5.02 Å². The molecule has 0 unspecified atom stereocenters. The lowest BCUT2D eigenvalue weighted by Crippen LogP contribution is -2.35. The molecule has 3 amide bonds. The molecule has 4 aromatic rings. The Morgan fingerprint density at radius 3 is 2.43 bits per heavy atom. The monoisotopic (exact) mass is 677 g/mol. The molecule has 0 bridgehead atoms. The third-order valence-electron chi connectivity index (χ3n) is 9.45. The van der Waals surface area contributed by atoms with Crippen LogP contribution in [0.1, 0.15) is 92.0 Å². The van der Waals surface area contributed by atoms with Crippen LogP contribution in [0, 0.1) is 0 Å². The van der Waals surface area contributed by atoms with Gasteiger partial charge < -0.3 is 20.0 Å². The summed E-state index contributed by atoms with van der Waals surface area (Å²) in [7, 11) is 0. The zero-order valence-electron chi connectivity index (χ0n) is 27.8. The Morgan fingerprint density at radius 1 is 0.939 bits per heavy atom. The first-order valence-electron chi connectivity index (χ1n) is 16.8. The van der Waals surface area contributed by atoms with Crippen molar-refractivity contribution in [3.8, 4) is 0 Å². The van der Waals surface area contributed by atoms with E-state index in [2.05, 4.69) is 41.0 Å². The fourth-order valence-corrected chi connectivity index (χ4v) is 6.91. The van der Waals surface area contributed by atoms with Crippen LogP contribution in [0.15, 0.2) is 99.4 Å². The average molecular weight is 678 g/mol. The lowest BCUT2D eigenvalue weighted by molar-refractivity contribution is -0.133. The van der Waals surface area contributed by atoms with Gasteiger partial charge in [-0.15, -0.1) is 0 Å². The van der Waals surface area contributed by atoms with E-state index in [1.165, 1.54) is 35.8 Å². The van der Waals surface area contributed by atoms with Crippen molar-refractivity contribution in [2.45, 2.75) is 71.3 Å². The number of halogens is 1. The second-order valence-corrected chi connectivity index (χ2v) is 13.4. The van der Waals surface area contributed by atoms with E-state index in [0.29, 0.717) is 35.3 Å². The molecule has 49 heavy (non-hydrogen) atoms. The summed E-state index contributed by atoms with van der Waals surface area (Å²) in [5.41, 5.74) is 6.45. The van der Waals surface area contributed by atoms with Crippen LogP contribution in [-0.4, -0.2) is 29.2 Å². The minimum absolute atomic E-state index is 0.114. The van der Waals surface area contributed by atoms with Crippen LogP contribution in [0.25, 0.3) is 16.5 Å². The van der Waals surface area contributed by atoms with E-state index in [1.807, 2.05) is 36.1 Å². The van der Waals surface area contributed by atoms with Gasteiger partial charge in [0.05, 0.1) is 5.39 Å². The summed E-state index contributed by atoms with van der Waals surface area (Å²) in [6.07, 6.45) is 8.34. The van der Waals surface area contributed by atoms with Crippen LogP contribution in [-0.2, 0) is 16.1 Å². The van der Waals surface area contributed by atoms with Crippen molar-refractivity contribution < 1.29 is 18.8 Å². The second kappa shape index (κ2) is 15.1. The summed E-state index contributed by atoms with van der Waals surface area (Å²) < 4.78 is 5.88. The van der Waals surface area contributed by atoms with Gasteiger partial charge in [-0.3, -0.25) is 19.2 Å². The molecule has 2 aliphatic rings. The smallest absolute Gasteiger partial charge is 0.291 e. The van der Waals surface area contributed by atoms with E-state index in [0.717, 1.165) is 56.2 Å². The van der Waals surface area contributed by atoms with Gasteiger partial charge in [0.2, 0.25) is 11.8 Å². The molecule has 8 nitrogen and oxygen atoms in total. The van der Waals surface area contributed by atoms with Gasteiger partial charge in [-0.1, -0.05) is 53.6 Å². The second-order valence-electron chi connectivity index (χ2n) is 12.9. The predicted molar refractivity (Wildman–Crippen MR) is 193 cm³/mol. The maximum absolute atomic E-state index is 13.6. The molecule has 3 aromatic carbocycles. The van der Waals surface area contributed by atoms with Crippen molar-refractivity contribution in [1.29, 1.82) is 0 Å². The zero-order valence-corrected chi connectivity index (χ0v) is 28.6. The highest BCUT2D eigenvalue weighted by atomic mass is 35.5. The first-order valence-corrected chi connectivity index (χ1v) is 17.2. The summed E-state index contributed by atoms with van der Waals surface area (Å²) >= 11 is 6.17. The number of piperidine rings is 1. The summed E-state index contributed by atoms with van der Waals surface area (Å²) in [5.74, 6) is -0.290. The maximum Gasteiger partial charge on any atom is 0.291 e. The molecule has 2 heterocycles. The largest absolute Gasteiger partial charge is 0.451 e. The third kappa shape index (κ3) is 8.20. The minimum Gasteiger partial charge on any atom is -0.451 e. The SMILES string of the molecule is CC(=O)Nc1ccc2oc(C(=O)N/C(C=C3CCC(c4ccccc4CN4CCCCC4=O)CC3)=C(/C)c3ccc(Cl)cc3)cc(=O)c2c1. The number of carbonyl (C=O) groups is 3. The maximum atomic E-state index is 13.6. The summed E-state index contributed by atoms with van der Waals surface area (Å²) in [4.78, 5) is 52.7. The fraction of sp³-hybridized carbons (Fsp3) is 0.300. The number of likely N-dealkylation sites (tertiary alicyclic amines) is 1. The Labute approximate surface area is 290 Å². The van der Waals surface area contributed by atoms with Gasteiger partial charge in [-0.2, -0.15) is 0 Å². The van der Waals surface area contributed by atoms with E-state index in [4.69, 9.17) is 16.0 Å². The van der Waals surface area contributed by atoms with Crippen LogP contribution in [0.3, 0.4) is 0 Å². The third-order valence-corrected chi connectivity index (χ3v) is 9.71. The van der Waals surface area contributed by atoms with Crippen LogP contribution in [0.5, 0.6) is 0 Å². The Bertz CT molecular complexity index is 2020. The number of rotatable bonds is 8. The number of anilines is 1. The van der Waals surface area contributed by atoms with Gasteiger partial charge >= 0.3 is 0 Å². The number of nitrogens with zero attached hydrogens (tertiary/aromatic N) is 1. The first kappa shape index (κ1) is 33.9. The van der Waals surface area contributed by atoms with Gasteiger partial charge in [0.15, 0.2) is 11.2 Å². The van der Waals surface area contributed by atoms with Gasteiger partial charge in [0.1, 0.15) is 5.58 Å². The lowest BCUT2D eigenvalue weighted by Gasteiger charge is -2.30. The Balaban J connectivity index is 1.24. The number of allylic oxidation sites excluding steroid dienone is 3. The Morgan fingerprint density at radius 2 is 1.69 bits per heavy atom. The first-order chi connectivity index (χ1) is 23.6. The van der Waals surface area contributed by atoms with Crippen molar-refractivity contribution in [3.63, 3.8) is 0 Å². The molecule has 1 aromatic heterocycles. The van der Waals surface area contributed by atoms with Gasteiger partial charge in [0, 0.05) is 48.9 Å². The molecular formula is C40H40ClN3O5. The van der Waals surface area contributed by atoms with Crippen molar-refractivity contribution in [2.75, 3.05) is 11.9 Å². The van der Waals surface area contributed by atoms with Crippen molar-refractivity contribution >= 4 is 51.6 Å². The molecule has 2 N–H and O–H groups in total. The number of amides is 3. The highest BCUT2D eigenvalue weighted by molar-refractivity contribution is 6.30. The van der Waals surface area contributed by atoms with Crippen LogP contribution in [0.4, 0.5) is 5.69 Å². The molecule has 252 valence electrons. The molecule has 1 saturated heterocycles. The van der Waals surface area contributed by atoms with E-state index < -0.39 is 5.91 Å². The predicted octanol–water partition coefficient (Wildman–Crippen LogP) is 8.36. The fourth-order valence-electron chi connectivity index (χ4n) is 6.79. The molecule has 0 atom stereocenters. The van der Waals surface area contributed by atoms with E-state index in [9.17, 15) is 19.2 Å². The molecular weight excluding hydrogens is 638 g/mol. The summed E-state index contributed by atoms with van der Waals surface area (Å²) in [6.45, 7) is 4.81. The van der Waals surface area contributed by atoms with Gasteiger partial charge in [0.25, 0.3) is 5.91 Å². The summed E-state index contributed by atoms with van der Waals surface area (Å²) in [5, 5.41) is 6.56. The highest BCUT2D eigenvalue weighted by Crippen LogP contribution is 2.38. The Hall–Kier alpha value is -4.95. The number of hydrogen-bond acceptors (Lipinski definition) is 5. The Kier molecular flexibility index (Phi) is 10.4. The number of benzene rings is 3. The van der Waals surface area contributed by atoms with Gasteiger partial charge in [-0.25, -0.2) is 0 Å². The van der Waals surface area contributed by atoms with Crippen molar-refractivity contribution in [3.05, 3.63) is 128 Å². The van der Waals surface area contributed by atoms with E-state index >= 15 is 0 Å². The molecule has 1 aliphatic carbocycles. The molecule has 6 rings (SSSR count). The van der Waals surface area contributed by atoms with Crippen molar-refractivity contribution in [1.82, 2.24) is 10.2 Å². The standard InChI is InChI=1S/C40H40ClN3O5/c1-25(28-14-16-31(41)17-15-28)35(43-40(48)38-23-36(46)34-22-32(42-26(2)45)18-19-37(34)49-38)21-27-10-12-29(13-11-27)33-8-4-3-7-30(33)24-44-20-6-5-9-39(44)47/h3-4,7-8,14-19,21-23,29H,5-6,9-13,20,24H2,1-2H3,(H,42,45)(H,43,48)/b27-21?,35-25-. The number of carbonyl (C=O) groups excluding carboxylic acids is 3.